The van der Waals surface area contributed by atoms with Crippen molar-refractivity contribution in [1.82, 2.24) is 10.3 Å². The van der Waals surface area contributed by atoms with Crippen LogP contribution in [0.25, 0.3) is 0 Å². The third-order valence-corrected chi connectivity index (χ3v) is 6.70. The fourth-order valence-corrected chi connectivity index (χ4v) is 4.49. The molecule has 0 saturated carbocycles. The predicted octanol–water partition coefficient (Wildman–Crippen LogP) is 3.50. The summed E-state index contributed by atoms with van der Waals surface area (Å²) in [7, 11) is 0. The monoisotopic (exact) mass is 516 g/mol. The maximum absolute atomic E-state index is 12.7. The molecular formula is C28H28N4O4S. The van der Waals surface area contributed by atoms with Gasteiger partial charge in [0, 0.05) is 11.8 Å². The van der Waals surface area contributed by atoms with Gasteiger partial charge in [0.1, 0.15) is 34.8 Å². The zero-order valence-electron chi connectivity index (χ0n) is 20.0. The lowest BCUT2D eigenvalue weighted by Gasteiger charge is -2.15. The first-order chi connectivity index (χ1) is 17.9. The number of rotatable bonds is 11. The van der Waals surface area contributed by atoms with Gasteiger partial charge in [0.25, 0.3) is 5.91 Å². The Hall–Kier alpha value is -4.21. The Balaban J connectivity index is 1.31. The SMILES string of the molecule is NC(=O)C(Cc1ccc(O)cc1)NC(=O)c1csc(C(N)Cc2ccc(OCc3ccccc3)cc2)n1. The molecule has 0 aliphatic heterocycles. The van der Waals surface area contributed by atoms with Crippen molar-refractivity contribution in [2.24, 2.45) is 11.5 Å². The Kier molecular flexibility index (Phi) is 8.50. The van der Waals surface area contributed by atoms with E-state index in [2.05, 4.69) is 10.3 Å². The van der Waals surface area contributed by atoms with Gasteiger partial charge in [-0.3, -0.25) is 9.59 Å². The van der Waals surface area contributed by atoms with Crippen molar-refractivity contribution in [3.8, 4) is 11.5 Å². The van der Waals surface area contributed by atoms with Crippen LogP contribution in [0.5, 0.6) is 11.5 Å². The van der Waals surface area contributed by atoms with Crippen LogP contribution in [0.15, 0.2) is 84.2 Å². The van der Waals surface area contributed by atoms with E-state index < -0.39 is 23.9 Å². The van der Waals surface area contributed by atoms with Crippen LogP contribution in [-0.2, 0) is 24.2 Å². The van der Waals surface area contributed by atoms with E-state index in [1.807, 2.05) is 54.6 Å². The van der Waals surface area contributed by atoms with E-state index in [0.717, 1.165) is 22.4 Å². The number of nitrogens with two attached hydrogens (primary N) is 2. The number of amides is 2. The Labute approximate surface area is 218 Å². The van der Waals surface area contributed by atoms with Crippen molar-refractivity contribution >= 4 is 23.2 Å². The van der Waals surface area contributed by atoms with Crippen LogP contribution in [0.2, 0.25) is 0 Å². The number of benzene rings is 3. The summed E-state index contributed by atoms with van der Waals surface area (Å²) in [5, 5.41) is 14.3. The number of aromatic nitrogens is 1. The number of aromatic hydroxyl groups is 1. The molecule has 3 aromatic carbocycles. The van der Waals surface area contributed by atoms with Crippen molar-refractivity contribution in [3.63, 3.8) is 0 Å². The molecule has 0 aliphatic carbocycles. The maximum atomic E-state index is 12.7. The number of nitrogens with zero attached hydrogens (tertiary/aromatic N) is 1. The summed E-state index contributed by atoms with van der Waals surface area (Å²) in [5.41, 5.74) is 14.9. The summed E-state index contributed by atoms with van der Waals surface area (Å²) in [5.74, 6) is -0.283. The number of ether oxygens (including phenoxy) is 1. The molecule has 2 atom stereocenters. The van der Waals surface area contributed by atoms with Gasteiger partial charge in [-0.25, -0.2) is 4.98 Å². The summed E-state index contributed by atoms with van der Waals surface area (Å²) < 4.78 is 5.83. The molecular weight excluding hydrogens is 488 g/mol. The molecule has 2 unspecified atom stereocenters. The third kappa shape index (κ3) is 7.39. The predicted molar refractivity (Wildman–Crippen MR) is 142 cm³/mol. The molecule has 4 rings (SSSR count). The molecule has 2 amide bonds. The van der Waals surface area contributed by atoms with Crippen LogP contribution in [0.3, 0.4) is 0 Å². The molecule has 0 bridgehead atoms. The molecule has 6 N–H and O–H groups in total. The number of nitrogens with one attached hydrogen (secondary N) is 1. The zero-order valence-corrected chi connectivity index (χ0v) is 20.9. The number of phenolic OH excluding ortho intramolecular Hbond substituents is 1. The largest absolute Gasteiger partial charge is 0.508 e. The van der Waals surface area contributed by atoms with E-state index in [1.165, 1.54) is 23.5 Å². The summed E-state index contributed by atoms with van der Waals surface area (Å²) in [6, 6.07) is 22.7. The number of phenols is 1. The van der Waals surface area contributed by atoms with Gasteiger partial charge in [0.15, 0.2) is 0 Å². The number of carbonyl (C=O) groups excluding carboxylic acids is 2. The topological polar surface area (TPSA) is 141 Å². The molecule has 0 aliphatic rings. The minimum absolute atomic E-state index is 0.113. The van der Waals surface area contributed by atoms with Gasteiger partial charge in [0.2, 0.25) is 5.91 Å². The zero-order chi connectivity index (χ0) is 26.2. The number of thiazole rings is 1. The van der Waals surface area contributed by atoms with Gasteiger partial charge >= 0.3 is 0 Å². The number of hydrogen-bond acceptors (Lipinski definition) is 7. The standard InChI is InChI=1S/C28H28N4O4S/c29-23(14-18-8-12-22(13-9-18)36-16-20-4-2-1-3-5-20)28-32-25(17-37-28)27(35)31-24(26(30)34)15-19-6-10-21(33)11-7-19/h1-13,17,23-24,33H,14-16,29H2,(H2,30,34)(H,31,35). The van der Waals surface area contributed by atoms with Gasteiger partial charge in [-0.05, 0) is 47.4 Å². The first-order valence-electron chi connectivity index (χ1n) is 11.7. The first kappa shape index (κ1) is 25.9. The summed E-state index contributed by atoms with van der Waals surface area (Å²) in [6.07, 6.45) is 0.737. The number of hydrogen-bond donors (Lipinski definition) is 4. The van der Waals surface area contributed by atoms with Crippen LogP contribution in [0.4, 0.5) is 0 Å². The van der Waals surface area contributed by atoms with E-state index in [4.69, 9.17) is 16.2 Å². The van der Waals surface area contributed by atoms with Crippen molar-refractivity contribution < 1.29 is 19.4 Å². The molecule has 190 valence electrons. The second kappa shape index (κ2) is 12.2. The third-order valence-electron chi connectivity index (χ3n) is 5.72. The lowest BCUT2D eigenvalue weighted by atomic mass is 10.1. The van der Waals surface area contributed by atoms with Gasteiger partial charge in [-0.15, -0.1) is 11.3 Å². The van der Waals surface area contributed by atoms with E-state index in [9.17, 15) is 14.7 Å². The average molecular weight is 517 g/mol. The van der Waals surface area contributed by atoms with E-state index in [1.54, 1.807) is 17.5 Å². The average Bonchev–Trinajstić information content (AvgIpc) is 3.40. The highest BCUT2D eigenvalue weighted by molar-refractivity contribution is 7.09. The molecule has 37 heavy (non-hydrogen) atoms. The maximum Gasteiger partial charge on any atom is 0.271 e. The minimum Gasteiger partial charge on any atom is -0.508 e. The van der Waals surface area contributed by atoms with Crippen LogP contribution in [0, 0.1) is 0 Å². The van der Waals surface area contributed by atoms with E-state index in [-0.39, 0.29) is 17.9 Å². The Morgan fingerprint density at radius 2 is 1.57 bits per heavy atom. The second-order valence-electron chi connectivity index (χ2n) is 8.60. The summed E-state index contributed by atoms with van der Waals surface area (Å²) in [6.45, 7) is 0.495. The fourth-order valence-electron chi connectivity index (χ4n) is 3.69. The molecule has 0 saturated heterocycles. The van der Waals surface area contributed by atoms with E-state index in [0.29, 0.717) is 18.0 Å². The summed E-state index contributed by atoms with van der Waals surface area (Å²) in [4.78, 5) is 29.0. The lowest BCUT2D eigenvalue weighted by Crippen LogP contribution is -2.46. The van der Waals surface area contributed by atoms with Gasteiger partial charge < -0.3 is 26.6 Å². The Morgan fingerprint density at radius 1 is 0.919 bits per heavy atom. The molecule has 8 nitrogen and oxygen atoms in total. The highest BCUT2D eigenvalue weighted by atomic mass is 32.1. The van der Waals surface area contributed by atoms with Gasteiger partial charge in [-0.2, -0.15) is 0 Å². The number of carbonyl (C=O) groups is 2. The van der Waals surface area contributed by atoms with Crippen molar-refractivity contribution in [1.29, 1.82) is 0 Å². The second-order valence-corrected chi connectivity index (χ2v) is 9.49. The smallest absolute Gasteiger partial charge is 0.271 e. The molecule has 9 heteroatoms. The fraction of sp³-hybridized carbons (Fsp3) is 0.179. The van der Waals surface area contributed by atoms with Crippen molar-refractivity contribution in [3.05, 3.63) is 112 Å². The molecule has 0 fully saturated rings. The first-order valence-corrected chi connectivity index (χ1v) is 12.6. The quantitative estimate of drug-likeness (QED) is 0.241. The molecule has 0 spiro atoms. The van der Waals surface area contributed by atoms with Crippen molar-refractivity contribution in [2.45, 2.75) is 31.5 Å². The normalized spacial score (nSPS) is 12.5. The van der Waals surface area contributed by atoms with Crippen LogP contribution >= 0.6 is 11.3 Å². The minimum atomic E-state index is -0.918. The number of primary amides is 1. The van der Waals surface area contributed by atoms with Gasteiger partial charge in [0.05, 0.1) is 6.04 Å². The highest BCUT2D eigenvalue weighted by Gasteiger charge is 2.22. The molecule has 4 aromatic rings. The highest BCUT2D eigenvalue weighted by Crippen LogP contribution is 2.22. The van der Waals surface area contributed by atoms with Gasteiger partial charge in [-0.1, -0.05) is 54.6 Å². The molecule has 1 heterocycles. The Bertz CT molecular complexity index is 1320. The van der Waals surface area contributed by atoms with E-state index >= 15 is 0 Å². The molecule has 0 radical (unpaired) electrons. The Morgan fingerprint density at radius 3 is 2.24 bits per heavy atom. The van der Waals surface area contributed by atoms with Crippen LogP contribution in [0.1, 0.15) is 38.2 Å². The van der Waals surface area contributed by atoms with Crippen LogP contribution in [-0.4, -0.2) is 27.9 Å². The molecule has 1 aromatic heterocycles. The summed E-state index contributed by atoms with van der Waals surface area (Å²) >= 11 is 1.29. The van der Waals surface area contributed by atoms with Crippen LogP contribution < -0.4 is 21.5 Å². The lowest BCUT2D eigenvalue weighted by molar-refractivity contribution is -0.119. The van der Waals surface area contributed by atoms with Crippen molar-refractivity contribution in [2.75, 3.05) is 0 Å².